The van der Waals surface area contributed by atoms with Crippen LogP contribution in [0.15, 0.2) is 71.8 Å². The first-order chi connectivity index (χ1) is 22.5. The molecule has 1 fully saturated rings. The third kappa shape index (κ3) is 4.63. The van der Waals surface area contributed by atoms with Crippen molar-refractivity contribution in [3.8, 4) is 54.9 Å². The minimum absolute atomic E-state index is 0.0350. The van der Waals surface area contributed by atoms with Crippen LogP contribution in [0, 0.1) is 45.3 Å². The molecular weight excluding hydrogens is 641 g/mol. The largest absolute Gasteiger partial charge is 0.192 e. The van der Waals surface area contributed by atoms with E-state index >= 15 is 0 Å². The van der Waals surface area contributed by atoms with E-state index in [2.05, 4.69) is 48.5 Å². The third-order valence-electron chi connectivity index (χ3n) is 9.14. The lowest BCUT2D eigenvalue weighted by Crippen LogP contribution is -2.28. The normalized spacial score (nSPS) is 14.2. The predicted molar refractivity (Wildman–Crippen MR) is 192 cm³/mol. The molecule has 1 saturated carbocycles. The Morgan fingerprint density at radius 2 is 1.00 bits per heavy atom. The van der Waals surface area contributed by atoms with Crippen molar-refractivity contribution in [3.63, 3.8) is 0 Å². The first-order valence-corrected chi connectivity index (χ1v) is 18.2. The molecule has 0 aliphatic heterocycles. The molecule has 218 valence electrons. The van der Waals surface area contributed by atoms with Gasteiger partial charge in [-0.3, -0.25) is 0 Å². The topological polar surface area (TPSA) is 95.2 Å². The second kappa shape index (κ2) is 11.2. The zero-order valence-electron chi connectivity index (χ0n) is 24.4. The molecule has 4 heterocycles. The molecular formula is C38H22N4S4. The Morgan fingerprint density at radius 1 is 0.543 bits per heavy atom. The summed E-state index contributed by atoms with van der Waals surface area (Å²) in [6, 6.07) is 30.3. The first-order valence-electron chi connectivity index (χ1n) is 14.9. The molecule has 0 atom stereocenters. The Balaban J connectivity index is 1.22. The van der Waals surface area contributed by atoms with Gasteiger partial charge in [0.05, 0.1) is 0 Å². The molecule has 1 spiro atoms. The van der Waals surface area contributed by atoms with Gasteiger partial charge in [-0.2, -0.15) is 21.0 Å². The Labute approximate surface area is 282 Å². The zero-order valence-corrected chi connectivity index (χ0v) is 27.7. The van der Waals surface area contributed by atoms with E-state index in [1.807, 2.05) is 36.4 Å². The van der Waals surface area contributed by atoms with E-state index in [4.69, 9.17) is 21.0 Å². The summed E-state index contributed by atoms with van der Waals surface area (Å²) in [7, 11) is 0. The average Bonchev–Trinajstić information content (AvgIpc) is 3.92. The van der Waals surface area contributed by atoms with E-state index < -0.39 is 0 Å². The number of nitriles is 4. The summed E-state index contributed by atoms with van der Waals surface area (Å²) in [5, 5.41) is 39.2. The van der Waals surface area contributed by atoms with Gasteiger partial charge >= 0.3 is 0 Å². The van der Waals surface area contributed by atoms with Crippen molar-refractivity contribution in [3.05, 3.63) is 92.7 Å². The molecule has 2 aliphatic carbocycles. The molecule has 4 nitrogen and oxygen atoms in total. The Kier molecular flexibility index (Phi) is 6.99. The number of hydrogen-bond donors (Lipinski definition) is 0. The zero-order chi connectivity index (χ0) is 31.4. The van der Waals surface area contributed by atoms with Gasteiger partial charge in [0.1, 0.15) is 35.4 Å². The molecule has 0 amide bonds. The molecule has 4 aromatic heterocycles. The fourth-order valence-corrected chi connectivity index (χ4v) is 11.3. The maximum absolute atomic E-state index is 9.16. The highest BCUT2D eigenvalue weighted by Gasteiger charge is 2.44. The van der Waals surface area contributed by atoms with Crippen LogP contribution in [-0.2, 0) is 5.41 Å². The van der Waals surface area contributed by atoms with Crippen LogP contribution in [-0.4, -0.2) is 0 Å². The highest BCUT2D eigenvalue weighted by molar-refractivity contribution is 7.27. The van der Waals surface area contributed by atoms with Crippen LogP contribution < -0.4 is 0 Å². The molecule has 6 aromatic rings. The molecule has 2 aliphatic rings. The fourth-order valence-electron chi connectivity index (χ4n) is 7.08. The minimum atomic E-state index is 0.0350. The number of hydrogen-bond acceptors (Lipinski definition) is 8. The van der Waals surface area contributed by atoms with Gasteiger partial charge in [0.25, 0.3) is 0 Å². The molecule has 0 radical (unpaired) electrons. The van der Waals surface area contributed by atoms with Crippen molar-refractivity contribution in [1.29, 1.82) is 21.0 Å². The molecule has 0 N–H and O–H groups in total. The number of rotatable bonds is 4. The van der Waals surface area contributed by atoms with Gasteiger partial charge in [-0.15, -0.1) is 45.3 Å². The number of nitrogens with zero attached hydrogens (tertiary/aromatic N) is 4. The van der Waals surface area contributed by atoms with Crippen LogP contribution in [0.3, 0.4) is 0 Å². The molecule has 0 unspecified atom stereocenters. The molecule has 8 heteroatoms. The van der Waals surface area contributed by atoms with Gasteiger partial charge in [0.15, 0.2) is 0 Å². The van der Waals surface area contributed by atoms with Crippen molar-refractivity contribution in [2.75, 3.05) is 0 Å². The Morgan fingerprint density at radius 3 is 1.43 bits per heavy atom. The Hall–Kier alpha value is -4.80. The van der Waals surface area contributed by atoms with Gasteiger partial charge in [-0.05, 0) is 119 Å². The van der Waals surface area contributed by atoms with Crippen LogP contribution >= 0.6 is 45.3 Å². The fraction of sp³-hybridized carbons (Fsp3) is 0.158. The van der Waals surface area contributed by atoms with Crippen molar-refractivity contribution < 1.29 is 0 Å². The van der Waals surface area contributed by atoms with Gasteiger partial charge in [0.2, 0.25) is 0 Å². The quantitative estimate of drug-likeness (QED) is 0.175. The second-order valence-corrected chi connectivity index (χ2v) is 16.1. The van der Waals surface area contributed by atoms with E-state index in [-0.39, 0.29) is 16.6 Å². The Bertz CT molecular complexity index is 2260. The summed E-state index contributed by atoms with van der Waals surface area (Å²) < 4.78 is 2.54. The van der Waals surface area contributed by atoms with E-state index in [1.165, 1.54) is 84.3 Å². The van der Waals surface area contributed by atoms with E-state index in [0.717, 1.165) is 19.5 Å². The van der Waals surface area contributed by atoms with Gasteiger partial charge in [0, 0.05) is 44.1 Å². The molecule has 8 rings (SSSR count). The maximum atomic E-state index is 9.16. The smallest absolute Gasteiger partial charge is 0.131 e. The summed E-state index contributed by atoms with van der Waals surface area (Å²) in [5.41, 5.74) is 5.94. The standard InChI is InChI=1S/C38H22N4S4/c39-18-22(19-40)10-26-4-6-32(43-26)36-14-24-12-30-28(16-34(24)45-36)29-17-35-25(13-31(29)38(30)8-2-1-3-9-38)15-37(46-35)33-7-5-27(44-33)11-23(20-41)21-42/h4-7,10-17H,1-3,8-9H2. The lowest BCUT2D eigenvalue weighted by Gasteiger charge is -2.36. The summed E-state index contributed by atoms with van der Waals surface area (Å²) in [6.07, 6.45) is 9.39. The molecule has 2 aromatic carbocycles. The monoisotopic (exact) mass is 662 g/mol. The van der Waals surface area contributed by atoms with Crippen LogP contribution in [0.5, 0.6) is 0 Å². The van der Waals surface area contributed by atoms with E-state index in [1.54, 1.807) is 57.5 Å². The number of allylic oxidation sites excluding steroid dienone is 2. The van der Waals surface area contributed by atoms with Crippen molar-refractivity contribution in [2.45, 2.75) is 37.5 Å². The molecule has 0 bridgehead atoms. The number of fused-ring (bicyclic) bond motifs is 7. The second-order valence-electron chi connectivity index (χ2n) is 11.7. The third-order valence-corrected chi connectivity index (χ3v) is 13.8. The highest BCUT2D eigenvalue weighted by Crippen LogP contribution is 2.58. The minimum Gasteiger partial charge on any atom is -0.192 e. The summed E-state index contributed by atoms with van der Waals surface area (Å²) >= 11 is 6.83. The highest BCUT2D eigenvalue weighted by atomic mass is 32.1. The first kappa shape index (κ1) is 28.7. The van der Waals surface area contributed by atoms with Crippen LogP contribution in [0.1, 0.15) is 53.0 Å². The van der Waals surface area contributed by atoms with Crippen molar-refractivity contribution in [2.24, 2.45) is 0 Å². The summed E-state index contributed by atoms with van der Waals surface area (Å²) in [6.45, 7) is 0. The molecule has 0 saturated heterocycles. The lowest BCUT2D eigenvalue weighted by atomic mass is 9.67. The number of thiophene rings is 4. The van der Waals surface area contributed by atoms with Gasteiger partial charge < -0.3 is 0 Å². The maximum Gasteiger partial charge on any atom is 0.131 e. The average molecular weight is 663 g/mol. The van der Waals surface area contributed by atoms with Crippen molar-refractivity contribution >= 4 is 77.7 Å². The van der Waals surface area contributed by atoms with Gasteiger partial charge in [-0.1, -0.05) is 19.3 Å². The predicted octanol–water partition coefficient (Wildman–Crippen LogP) is 11.7. The van der Waals surface area contributed by atoms with Crippen LogP contribution in [0.25, 0.3) is 63.0 Å². The summed E-state index contributed by atoms with van der Waals surface area (Å²) in [4.78, 5) is 6.52. The van der Waals surface area contributed by atoms with E-state index in [9.17, 15) is 0 Å². The van der Waals surface area contributed by atoms with Crippen LogP contribution in [0.2, 0.25) is 0 Å². The van der Waals surface area contributed by atoms with E-state index in [0.29, 0.717) is 0 Å². The lowest BCUT2D eigenvalue weighted by molar-refractivity contribution is 0.353. The molecule has 46 heavy (non-hydrogen) atoms. The summed E-state index contributed by atoms with van der Waals surface area (Å²) in [5.74, 6) is 0. The van der Waals surface area contributed by atoms with Crippen molar-refractivity contribution in [1.82, 2.24) is 0 Å². The van der Waals surface area contributed by atoms with Gasteiger partial charge in [-0.25, -0.2) is 0 Å². The number of benzene rings is 2. The SMILES string of the molecule is N#CC(C#N)=Cc1ccc(-c2cc3cc4c(cc3s2)-c2cc3sc(-c5ccc(C=C(C#N)C#N)s5)cc3cc2C42CCCCC2)s1. The van der Waals surface area contributed by atoms with Crippen LogP contribution in [0.4, 0.5) is 0 Å².